The first-order chi connectivity index (χ1) is 14.9. The highest BCUT2D eigenvalue weighted by Gasteiger charge is 2.33. The van der Waals surface area contributed by atoms with Gasteiger partial charge in [0.25, 0.3) is 5.91 Å². The van der Waals surface area contributed by atoms with E-state index < -0.39 is 18.0 Å². The van der Waals surface area contributed by atoms with Crippen LogP contribution in [0, 0.1) is 0 Å². The summed E-state index contributed by atoms with van der Waals surface area (Å²) in [4.78, 5) is 25.5. The number of anilines is 1. The number of urea groups is 1. The largest absolute Gasteiger partial charge is 0.497 e. The first kappa shape index (κ1) is 21.8. The van der Waals surface area contributed by atoms with Crippen molar-refractivity contribution in [3.8, 4) is 23.0 Å². The smallest absolute Gasteiger partial charge is 0.319 e. The van der Waals surface area contributed by atoms with Gasteiger partial charge in [-0.2, -0.15) is 0 Å². The number of carbonyl (C=O) groups is 2. The summed E-state index contributed by atoms with van der Waals surface area (Å²) in [5, 5.41) is 8.31. The second kappa shape index (κ2) is 9.29. The number of benzene rings is 2. The number of methoxy groups -OCH3 is 4. The predicted molar refractivity (Wildman–Crippen MR) is 115 cm³/mol. The molecule has 0 aliphatic carbocycles. The summed E-state index contributed by atoms with van der Waals surface area (Å²) < 4.78 is 21.3. The Bertz CT molecular complexity index is 1030. The number of carbonyl (C=O) groups excluding carboxylic acids is 2. The molecule has 3 amide bonds. The SMILES string of the molecule is COc1ccc(NC(=O)C2=C(C)NC(=O)NC2c2ccc(OC)cc2OC)c(OC)c1. The summed E-state index contributed by atoms with van der Waals surface area (Å²) in [6, 6.07) is 9.10. The highest BCUT2D eigenvalue weighted by atomic mass is 16.5. The highest BCUT2D eigenvalue weighted by Crippen LogP contribution is 2.36. The molecule has 9 nitrogen and oxygen atoms in total. The van der Waals surface area contributed by atoms with Crippen molar-refractivity contribution < 1.29 is 28.5 Å². The van der Waals surface area contributed by atoms with Crippen LogP contribution in [0.2, 0.25) is 0 Å². The molecule has 0 bridgehead atoms. The number of ether oxygens (including phenoxy) is 4. The number of rotatable bonds is 7. The van der Waals surface area contributed by atoms with E-state index in [-0.39, 0.29) is 0 Å². The van der Waals surface area contributed by atoms with Crippen LogP contribution >= 0.6 is 0 Å². The molecule has 3 rings (SSSR count). The standard InChI is InChI=1S/C22H25N3O6/c1-12-19(21(26)24-16-9-7-14(29-3)11-18(16)31-5)20(25-22(27)23-12)15-8-6-13(28-2)10-17(15)30-4/h6-11,20H,1-5H3,(H,24,26)(H2,23,25,27). The molecule has 0 aromatic heterocycles. The maximum Gasteiger partial charge on any atom is 0.319 e. The molecule has 164 valence electrons. The summed E-state index contributed by atoms with van der Waals surface area (Å²) in [7, 11) is 6.11. The molecule has 2 aromatic rings. The Morgan fingerprint density at radius 3 is 2.13 bits per heavy atom. The molecule has 2 aromatic carbocycles. The summed E-state index contributed by atoms with van der Waals surface area (Å²) in [5.41, 5.74) is 1.84. The number of nitrogens with one attached hydrogen (secondary N) is 3. The Balaban J connectivity index is 2.00. The molecular weight excluding hydrogens is 402 g/mol. The van der Waals surface area contributed by atoms with E-state index in [1.165, 1.54) is 14.2 Å². The van der Waals surface area contributed by atoms with Crippen LogP contribution in [0.3, 0.4) is 0 Å². The van der Waals surface area contributed by atoms with Gasteiger partial charge in [0.15, 0.2) is 0 Å². The van der Waals surface area contributed by atoms with Gasteiger partial charge in [0, 0.05) is 23.4 Å². The van der Waals surface area contributed by atoms with Gasteiger partial charge >= 0.3 is 6.03 Å². The van der Waals surface area contributed by atoms with E-state index in [1.54, 1.807) is 57.5 Å². The van der Waals surface area contributed by atoms with Gasteiger partial charge in [-0.1, -0.05) is 0 Å². The summed E-state index contributed by atoms with van der Waals surface area (Å²) in [6.07, 6.45) is 0. The molecule has 1 unspecified atom stereocenters. The van der Waals surface area contributed by atoms with Crippen LogP contribution in [0.1, 0.15) is 18.5 Å². The van der Waals surface area contributed by atoms with Crippen LogP contribution in [0.4, 0.5) is 10.5 Å². The lowest BCUT2D eigenvalue weighted by molar-refractivity contribution is -0.113. The molecule has 1 aliphatic rings. The van der Waals surface area contributed by atoms with Gasteiger partial charge < -0.3 is 34.9 Å². The summed E-state index contributed by atoms with van der Waals surface area (Å²) in [5.74, 6) is 1.70. The lowest BCUT2D eigenvalue weighted by Crippen LogP contribution is -2.46. The molecule has 0 spiro atoms. The first-order valence-corrected chi connectivity index (χ1v) is 9.45. The van der Waals surface area contributed by atoms with Crippen LogP contribution in [0.15, 0.2) is 47.7 Å². The quantitative estimate of drug-likeness (QED) is 0.627. The molecule has 0 saturated carbocycles. The number of allylic oxidation sites excluding steroid dienone is 1. The zero-order chi connectivity index (χ0) is 22.5. The second-order valence-electron chi connectivity index (χ2n) is 6.70. The normalized spacial score (nSPS) is 15.5. The fourth-order valence-electron chi connectivity index (χ4n) is 3.38. The first-order valence-electron chi connectivity index (χ1n) is 9.45. The minimum atomic E-state index is -0.737. The second-order valence-corrected chi connectivity index (χ2v) is 6.70. The maximum absolute atomic E-state index is 13.3. The van der Waals surface area contributed by atoms with Crippen LogP contribution < -0.4 is 34.9 Å². The van der Waals surface area contributed by atoms with Crippen LogP contribution in [0.5, 0.6) is 23.0 Å². The number of hydrogen-bond acceptors (Lipinski definition) is 6. The third kappa shape index (κ3) is 4.50. The van der Waals surface area contributed by atoms with E-state index in [2.05, 4.69) is 16.0 Å². The monoisotopic (exact) mass is 427 g/mol. The van der Waals surface area contributed by atoms with Crippen LogP contribution in [-0.4, -0.2) is 40.4 Å². The molecule has 3 N–H and O–H groups in total. The zero-order valence-corrected chi connectivity index (χ0v) is 18.0. The Morgan fingerprint density at radius 1 is 0.903 bits per heavy atom. The minimum Gasteiger partial charge on any atom is -0.497 e. The fourth-order valence-corrected chi connectivity index (χ4v) is 3.38. The minimum absolute atomic E-state index is 0.334. The van der Waals surface area contributed by atoms with Crippen molar-refractivity contribution >= 4 is 17.6 Å². The third-order valence-corrected chi connectivity index (χ3v) is 4.92. The molecular formula is C22H25N3O6. The van der Waals surface area contributed by atoms with Gasteiger partial charge in [0.05, 0.1) is 45.7 Å². The third-order valence-electron chi connectivity index (χ3n) is 4.92. The molecule has 0 saturated heterocycles. The van der Waals surface area contributed by atoms with Crippen molar-refractivity contribution in [1.29, 1.82) is 0 Å². The lowest BCUT2D eigenvalue weighted by Gasteiger charge is -2.29. The Hall–Kier alpha value is -3.88. The Morgan fingerprint density at radius 2 is 1.52 bits per heavy atom. The van der Waals surface area contributed by atoms with Gasteiger partial charge in [-0.05, 0) is 31.2 Å². The van der Waals surface area contributed by atoms with Crippen LogP contribution in [0.25, 0.3) is 0 Å². The Labute approximate surface area is 180 Å². The topological polar surface area (TPSA) is 107 Å². The molecule has 0 fully saturated rings. The van der Waals surface area contributed by atoms with Crippen molar-refractivity contribution in [2.45, 2.75) is 13.0 Å². The lowest BCUT2D eigenvalue weighted by atomic mass is 9.94. The van der Waals surface area contributed by atoms with Crippen molar-refractivity contribution in [3.05, 3.63) is 53.2 Å². The summed E-state index contributed by atoms with van der Waals surface area (Å²) in [6.45, 7) is 1.67. The molecule has 31 heavy (non-hydrogen) atoms. The van der Waals surface area contributed by atoms with E-state index >= 15 is 0 Å². The molecule has 9 heteroatoms. The van der Waals surface area contributed by atoms with Gasteiger partial charge in [-0.15, -0.1) is 0 Å². The van der Waals surface area contributed by atoms with Crippen molar-refractivity contribution in [2.24, 2.45) is 0 Å². The zero-order valence-electron chi connectivity index (χ0n) is 18.0. The van der Waals surface area contributed by atoms with Crippen molar-refractivity contribution in [3.63, 3.8) is 0 Å². The van der Waals surface area contributed by atoms with E-state index in [1.807, 2.05) is 0 Å². The van der Waals surface area contributed by atoms with Gasteiger partial charge in [-0.25, -0.2) is 4.79 Å². The van der Waals surface area contributed by atoms with Crippen LogP contribution in [-0.2, 0) is 4.79 Å². The molecule has 1 heterocycles. The molecule has 0 radical (unpaired) electrons. The number of amides is 3. The molecule has 1 aliphatic heterocycles. The van der Waals surface area contributed by atoms with Gasteiger partial charge in [-0.3, -0.25) is 4.79 Å². The fraction of sp³-hybridized carbons (Fsp3) is 0.273. The van der Waals surface area contributed by atoms with E-state index in [4.69, 9.17) is 18.9 Å². The van der Waals surface area contributed by atoms with Crippen molar-refractivity contribution in [2.75, 3.05) is 33.8 Å². The van der Waals surface area contributed by atoms with E-state index in [0.29, 0.717) is 45.5 Å². The van der Waals surface area contributed by atoms with E-state index in [0.717, 1.165) is 0 Å². The molecule has 1 atom stereocenters. The van der Waals surface area contributed by atoms with Gasteiger partial charge in [0.2, 0.25) is 0 Å². The van der Waals surface area contributed by atoms with Crippen molar-refractivity contribution in [1.82, 2.24) is 10.6 Å². The number of hydrogen-bond donors (Lipinski definition) is 3. The average Bonchev–Trinajstić information content (AvgIpc) is 2.78. The Kier molecular flexibility index (Phi) is 6.54. The van der Waals surface area contributed by atoms with E-state index in [9.17, 15) is 9.59 Å². The average molecular weight is 427 g/mol. The maximum atomic E-state index is 13.3. The van der Waals surface area contributed by atoms with Gasteiger partial charge in [0.1, 0.15) is 23.0 Å². The predicted octanol–water partition coefficient (Wildman–Crippen LogP) is 2.99. The highest BCUT2D eigenvalue weighted by molar-refractivity contribution is 6.07. The summed E-state index contributed by atoms with van der Waals surface area (Å²) >= 11 is 0.